The highest BCUT2D eigenvalue weighted by atomic mass is 32.2. The molecule has 34 heavy (non-hydrogen) atoms. The van der Waals surface area contributed by atoms with Gasteiger partial charge in [-0.3, -0.25) is 9.59 Å². The van der Waals surface area contributed by atoms with E-state index in [9.17, 15) is 19.6 Å². The fourth-order valence-electron chi connectivity index (χ4n) is 3.55. The highest BCUT2D eigenvalue weighted by molar-refractivity contribution is 8.03. The van der Waals surface area contributed by atoms with Gasteiger partial charge in [-0.1, -0.05) is 42.1 Å². The fraction of sp³-hybridized carbons (Fsp3) is 0.200. The molecule has 9 heteroatoms. The van der Waals surface area contributed by atoms with E-state index in [1.807, 2.05) is 30.3 Å². The van der Waals surface area contributed by atoms with Crippen LogP contribution in [-0.2, 0) is 14.3 Å². The molecule has 3 rings (SSSR count). The molecular formula is C25H24N4O4S. The molecule has 8 nitrogen and oxygen atoms in total. The molecule has 0 saturated heterocycles. The average Bonchev–Trinajstić information content (AvgIpc) is 2.83. The molecule has 2 aromatic rings. The van der Waals surface area contributed by atoms with Gasteiger partial charge in [-0.25, -0.2) is 4.79 Å². The van der Waals surface area contributed by atoms with Crippen LogP contribution in [0.2, 0.25) is 0 Å². The number of benzene rings is 2. The van der Waals surface area contributed by atoms with E-state index in [0.717, 1.165) is 17.3 Å². The Hall–Kier alpha value is -4.03. The van der Waals surface area contributed by atoms with Crippen molar-refractivity contribution in [2.75, 3.05) is 17.7 Å². The summed E-state index contributed by atoms with van der Waals surface area (Å²) in [5.41, 5.74) is 8.17. The van der Waals surface area contributed by atoms with Crippen molar-refractivity contribution in [2.24, 2.45) is 5.73 Å². The maximum Gasteiger partial charge on any atom is 0.338 e. The molecule has 1 atom stereocenters. The highest BCUT2D eigenvalue weighted by Gasteiger charge is 2.34. The molecule has 0 saturated carbocycles. The van der Waals surface area contributed by atoms with Crippen LogP contribution in [0.5, 0.6) is 0 Å². The lowest BCUT2D eigenvalue weighted by Gasteiger charge is -2.29. The van der Waals surface area contributed by atoms with Crippen molar-refractivity contribution in [2.45, 2.75) is 19.8 Å². The minimum Gasteiger partial charge on any atom is -0.462 e. The number of carbonyl (C=O) groups excluding carboxylic acids is 3. The number of esters is 1. The first kappa shape index (κ1) is 24.6. The van der Waals surface area contributed by atoms with Crippen LogP contribution < -0.4 is 16.4 Å². The van der Waals surface area contributed by atoms with Crippen LogP contribution in [0, 0.1) is 11.3 Å². The third-order valence-corrected chi connectivity index (χ3v) is 6.08. The summed E-state index contributed by atoms with van der Waals surface area (Å²) in [5.74, 6) is -1.99. The van der Waals surface area contributed by atoms with E-state index in [2.05, 4.69) is 16.7 Å². The number of dihydropyridines is 1. The normalized spacial score (nSPS) is 15.3. The Morgan fingerprint density at radius 1 is 1.15 bits per heavy atom. The largest absolute Gasteiger partial charge is 0.462 e. The average molecular weight is 477 g/mol. The number of nitriles is 1. The van der Waals surface area contributed by atoms with Crippen molar-refractivity contribution in [3.8, 4) is 6.07 Å². The lowest BCUT2D eigenvalue weighted by atomic mass is 9.82. The van der Waals surface area contributed by atoms with E-state index in [1.54, 1.807) is 38.1 Å². The van der Waals surface area contributed by atoms with Crippen LogP contribution in [0.1, 0.15) is 35.7 Å². The summed E-state index contributed by atoms with van der Waals surface area (Å²) in [7, 11) is 0. The molecule has 4 N–H and O–H groups in total. The number of rotatable bonds is 8. The van der Waals surface area contributed by atoms with Gasteiger partial charge < -0.3 is 21.1 Å². The van der Waals surface area contributed by atoms with Gasteiger partial charge in [0.15, 0.2) is 0 Å². The first-order valence-corrected chi connectivity index (χ1v) is 11.5. The topological polar surface area (TPSA) is 134 Å². The second kappa shape index (κ2) is 11.2. The van der Waals surface area contributed by atoms with Crippen molar-refractivity contribution >= 4 is 35.2 Å². The monoisotopic (exact) mass is 476 g/mol. The van der Waals surface area contributed by atoms with Crippen molar-refractivity contribution in [1.82, 2.24) is 5.32 Å². The van der Waals surface area contributed by atoms with Gasteiger partial charge in [0.1, 0.15) is 0 Å². The number of hydrogen-bond donors (Lipinski definition) is 3. The number of allylic oxidation sites excluding steroid dienone is 2. The number of amides is 2. The van der Waals surface area contributed by atoms with Crippen molar-refractivity contribution < 1.29 is 19.1 Å². The zero-order valence-electron chi connectivity index (χ0n) is 18.8. The quantitative estimate of drug-likeness (QED) is 0.497. The zero-order chi connectivity index (χ0) is 24.7. The van der Waals surface area contributed by atoms with Crippen LogP contribution in [0.25, 0.3) is 0 Å². The first-order valence-electron chi connectivity index (χ1n) is 10.5. The molecule has 1 heterocycles. The van der Waals surface area contributed by atoms with E-state index in [0.29, 0.717) is 33.1 Å². The Kier molecular flexibility index (Phi) is 8.11. The SMILES string of the molecule is CCOC(=O)c1ccc(NC(=O)C2=C(C)NC(SCC(N)=O)=C(C#N)C2c2ccccc2)cc1. The summed E-state index contributed by atoms with van der Waals surface area (Å²) in [6.45, 7) is 3.74. The lowest BCUT2D eigenvalue weighted by molar-refractivity contribution is -0.115. The van der Waals surface area contributed by atoms with Crippen LogP contribution in [0.15, 0.2) is 76.5 Å². The fourth-order valence-corrected chi connectivity index (χ4v) is 4.38. The number of thioether (sulfide) groups is 1. The molecule has 2 amide bonds. The Labute approximate surface area is 201 Å². The number of carbonyl (C=O) groups is 3. The summed E-state index contributed by atoms with van der Waals surface area (Å²) < 4.78 is 4.98. The van der Waals surface area contributed by atoms with Gasteiger partial charge in [-0.2, -0.15) is 5.26 Å². The van der Waals surface area contributed by atoms with Gasteiger partial charge in [0.25, 0.3) is 5.91 Å². The van der Waals surface area contributed by atoms with Gasteiger partial charge in [0.05, 0.1) is 40.5 Å². The molecule has 0 bridgehead atoms. The van der Waals surface area contributed by atoms with Gasteiger partial charge in [0.2, 0.25) is 5.91 Å². The molecule has 0 radical (unpaired) electrons. The molecule has 2 aromatic carbocycles. The maximum atomic E-state index is 13.4. The molecule has 1 aliphatic heterocycles. The first-order chi connectivity index (χ1) is 16.3. The summed E-state index contributed by atoms with van der Waals surface area (Å²) >= 11 is 1.13. The number of anilines is 1. The predicted octanol–water partition coefficient (Wildman–Crippen LogP) is 3.42. The summed E-state index contributed by atoms with van der Waals surface area (Å²) in [5, 5.41) is 16.4. The molecular weight excluding hydrogens is 452 g/mol. The number of nitrogens with two attached hydrogens (primary N) is 1. The van der Waals surface area contributed by atoms with Crippen molar-refractivity contribution in [1.29, 1.82) is 5.26 Å². The third kappa shape index (κ3) is 5.66. The smallest absolute Gasteiger partial charge is 0.338 e. The van der Waals surface area contributed by atoms with Crippen LogP contribution in [-0.4, -0.2) is 30.1 Å². The Morgan fingerprint density at radius 2 is 1.82 bits per heavy atom. The summed E-state index contributed by atoms with van der Waals surface area (Å²) in [6, 6.07) is 17.8. The minimum atomic E-state index is -0.637. The maximum absolute atomic E-state index is 13.4. The highest BCUT2D eigenvalue weighted by Crippen LogP contribution is 2.40. The standard InChI is InChI=1S/C25H24N4O4S/c1-3-33-25(32)17-9-11-18(12-10-17)29-23(31)21-15(2)28-24(34-14-20(27)30)19(13-26)22(21)16-7-5-4-6-8-16/h4-12,22,28H,3,14H2,1-2H3,(H2,27,30)(H,29,31). The number of nitrogens with one attached hydrogen (secondary N) is 2. The van der Waals surface area contributed by atoms with Gasteiger partial charge in [-0.05, 0) is 43.7 Å². The second-order valence-electron chi connectivity index (χ2n) is 7.37. The Bertz CT molecular complexity index is 1200. The lowest BCUT2D eigenvalue weighted by Crippen LogP contribution is -2.31. The van der Waals surface area contributed by atoms with E-state index in [-0.39, 0.29) is 12.4 Å². The van der Waals surface area contributed by atoms with Crippen molar-refractivity contribution in [3.05, 3.63) is 87.6 Å². The van der Waals surface area contributed by atoms with E-state index < -0.39 is 23.7 Å². The van der Waals surface area contributed by atoms with Gasteiger partial charge in [0, 0.05) is 17.0 Å². The van der Waals surface area contributed by atoms with Crippen LogP contribution in [0.4, 0.5) is 5.69 Å². The zero-order valence-corrected chi connectivity index (χ0v) is 19.6. The molecule has 1 aliphatic rings. The summed E-state index contributed by atoms with van der Waals surface area (Å²) in [6.07, 6.45) is 0. The summed E-state index contributed by atoms with van der Waals surface area (Å²) in [4.78, 5) is 36.6. The van der Waals surface area contributed by atoms with E-state index >= 15 is 0 Å². The molecule has 0 aromatic heterocycles. The molecule has 0 fully saturated rings. The minimum absolute atomic E-state index is 0.00333. The molecule has 0 spiro atoms. The van der Waals surface area contributed by atoms with Gasteiger partial charge >= 0.3 is 5.97 Å². The second-order valence-corrected chi connectivity index (χ2v) is 8.35. The van der Waals surface area contributed by atoms with Crippen LogP contribution >= 0.6 is 11.8 Å². The number of hydrogen-bond acceptors (Lipinski definition) is 7. The van der Waals surface area contributed by atoms with E-state index in [4.69, 9.17) is 10.5 Å². The number of ether oxygens (including phenoxy) is 1. The van der Waals surface area contributed by atoms with E-state index in [1.165, 1.54) is 0 Å². The van der Waals surface area contributed by atoms with Crippen molar-refractivity contribution in [3.63, 3.8) is 0 Å². The van der Waals surface area contributed by atoms with Gasteiger partial charge in [-0.15, -0.1) is 0 Å². The molecule has 1 unspecified atom stereocenters. The molecule has 0 aliphatic carbocycles. The molecule has 174 valence electrons. The number of nitrogens with zero attached hydrogens (tertiary/aromatic N) is 1. The Morgan fingerprint density at radius 3 is 2.41 bits per heavy atom. The predicted molar refractivity (Wildman–Crippen MR) is 130 cm³/mol. The Balaban J connectivity index is 1.94. The third-order valence-electron chi connectivity index (χ3n) is 5.04. The van der Waals surface area contributed by atoms with Crippen LogP contribution in [0.3, 0.4) is 0 Å². The number of primary amides is 1.